The van der Waals surface area contributed by atoms with Crippen molar-refractivity contribution in [2.24, 2.45) is 0 Å². The van der Waals surface area contributed by atoms with Gasteiger partial charge < -0.3 is 10.1 Å². The molecule has 0 aliphatic rings. The van der Waals surface area contributed by atoms with Crippen molar-refractivity contribution in [1.29, 1.82) is 0 Å². The number of hydrogen-bond donors (Lipinski definition) is 1. The minimum absolute atomic E-state index is 0.179. The van der Waals surface area contributed by atoms with E-state index in [4.69, 9.17) is 27.9 Å². The van der Waals surface area contributed by atoms with Gasteiger partial charge in [0, 0.05) is 12.8 Å². The second-order valence-corrected chi connectivity index (χ2v) is 6.46. The number of anilines is 1. The Bertz CT molecular complexity index is 939. The fraction of sp³-hybridized carbons (Fsp3) is 0.167. The van der Waals surface area contributed by atoms with Gasteiger partial charge in [-0.05, 0) is 37.3 Å². The lowest BCUT2D eigenvalue weighted by atomic mass is 10.2. The third-order valence-electron chi connectivity index (χ3n) is 3.72. The van der Waals surface area contributed by atoms with Crippen LogP contribution < -0.4 is 5.32 Å². The van der Waals surface area contributed by atoms with Crippen LogP contribution in [0.4, 0.5) is 5.69 Å². The van der Waals surface area contributed by atoms with Crippen LogP contribution in [0.3, 0.4) is 0 Å². The maximum Gasteiger partial charge on any atom is 0.278 e. The Labute approximate surface area is 160 Å². The summed E-state index contributed by atoms with van der Waals surface area (Å²) in [7, 11) is 1.55. The summed E-state index contributed by atoms with van der Waals surface area (Å²) in [5.41, 5.74) is 3.16. The van der Waals surface area contributed by atoms with Crippen molar-refractivity contribution < 1.29 is 9.53 Å². The molecule has 1 aromatic heterocycles. The molecule has 0 fully saturated rings. The van der Waals surface area contributed by atoms with Crippen LogP contribution in [0.5, 0.6) is 0 Å². The molecule has 0 saturated carbocycles. The van der Waals surface area contributed by atoms with E-state index in [-0.39, 0.29) is 12.3 Å². The average molecular weight is 391 g/mol. The maximum atomic E-state index is 12.6. The molecule has 0 aliphatic heterocycles. The first-order valence-corrected chi connectivity index (χ1v) is 8.52. The number of hydrogen-bond acceptors (Lipinski definition) is 4. The third-order valence-corrected chi connectivity index (χ3v) is 4.45. The van der Waals surface area contributed by atoms with Crippen molar-refractivity contribution >= 4 is 34.8 Å². The van der Waals surface area contributed by atoms with Crippen LogP contribution in [0.2, 0.25) is 10.0 Å². The molecule has 6 nitrogen and oxygen atoms in total. The van der Waals surface area contributed by atoms with Crippen molar-refractivity contribution in [3.05, 3.63) is 69.5 Å². The van der Waals surface area contributed by atoms with Gasteiger partial charge in [0.15, 0.2) is 5.69 Å². The molecule has 1 amide bonds. The highest BCUT2D eigenvalue weighted by Crippen LogP contribution is 2.25. The summed E-state index contributed by atoms with van der Waals surface area (Å²) in [6, 6.07) is 12.6. The second-order valence-electron chi connectivity index (χ2n) is 5.65. The summed E-state index contributed by atoms with van der Waals surface area (Å²) in [4.78, 5) is 12.6. The predicted molar refractivity (Wildman–Crippen MR) is 101 cm³/mol. The zero-order valence-electron chi connectivity index (χ0n) is 14.2. The Balaban J connectivity index is 1.92. The van der Waals surface area contributed by atoms with Gasteiger partial charge in [0.2, 0.25) is 0 Å². The van der Waals surface area contributed by atoms with Gasteiger partial charge in [-0.25, -0.2) is 4.68 Å². The van der Waals surface area contributed by atoms with Crippen molar-refractivity contribution in [1.82, 2.24) is 15.0 Å². The molecule has 0 saturated heterocycles. The highest BCUT2D eigenvalue weighted by molar-refractivity contribution is 6.42. The van der Waals surface area contributed by atoms with Gasteiger partial charge in [-0.3, -0.25) is 4.79 Å². The molecule has 134 valence electrons. The number of nitrogens with one attached hydrogen (secondary N) is 1. The van der Waals surface area contributed by atoms with Gasteiger partial charge in [-0.1, -0.05) is 46.1 Å². The molecule has 0 bridgehead atoms. The number of benzene rings is 2. The molecule has 3 rings (SSSR count). The minimum atomic E-state index is -0.409. The van der Waals surface area contributed by atoms with Crippen LogP contribution in [0.15, 0.2) is 42.5 Å². The Hall–Kier alpha value is -2.41. The van der Waals surface area contributed by atoms with Crippen LogP contribution in [0.25, 0.3) is 5.69 Å². The third kappa shape index (κ3) is 3.88. The number of rotatable bonds is 5. The van der Waals surface area contributed by atoms with E-state index in [1.165, 1.54) is 0 Å². The Morgan fingerprint density at radius 1 is 1.15 bits per heavy atom. The Morgan fingerprint density at radius 2 is 1.88 bits per heavy atom. The number of nitrogens with zero attached hydrogens (tertiary/aromatic N) is 3. The molecular formula is C18H16Cl2N4O2. The number of aryl methyl sites for hydroxylation is 1. The first-order chi connectivity index (χ1) is 12.5. The van der Waals surface area contributed by atoms with E-state index in [1.807, 2.05) is 31.2 Å². The van der Waals surface area contributed by atoms with Crippen LogP contribution in [-0.2, 0) is 11.3 Å². The summed E-state index contributed by atoms with van der Waals surface area (Å²) in [6.45, 7) is 2.18. The fourth-order valence-electron chi connectivity index (χ4n) is 2.40. The summed E-state index contributed by atoms with van der Waals surface area (Å²) in [5, 5.41) is 11.6. The fourth-order valence-corrected chi connectivity index (χ4v) is 2.70. The zero-order valence-corrected chi connectivity index (χ0v) is 15.7. The van der Waals surface area contributed by atoms with Gasteiger partial charge in [0.05, 0.1) is 22.3 Å². The molecule has 26 heavy (non-hydrogen) atoms. The van der Waals surface area contributed by atoms with E-state index in [1.54, 1.807) is 30.0 Å². The number of ether oxygens (including phenoxy) is 1. The van der Waals surface area contributed by atoms with Gasteiger partial charge in [0.25, 0.3) is 5.91 Å². The SMILES string of the molecule is COCc1c(C(=O)Nc2ccc(Cl)c(Cl)c2)nnn1-c1ccc(C)cc1. The molecule has 0 atom stereocenters. The molecule has 0 radical (unpaired) electrons. The quantitative estimate of drug-likeness (QED) is 0.705. The Kier molecular flexibility index (Phi) is 5.56. The van der Waals surface area contributed by atoms with Crippen LogP contribution in [-0.4, -0.2) is 28.0 Å². The van der Waals surface area contributed by atoms with Crippen LogP contribution >= 0.6 is 23.2 Å². The second kappa shape index (κ2) is 7.86. The van der Waals surface area contributed by atoms with Crippen molar-refractivity contribution in [3.8, 4) is 5.69 Å². The van der Waals surface area contributed by atoms with Gasteiger partial charge in [0.1, 0.15) is 5.69 Å². The van der Waals surface area contributed by atoms with Crippen LogP contribution in [0.1, 0.15) is 21.7 Å². The predicted octanol–water partition coefficient (Wildman–Crippen LogP) is 4.28. The molecule has 0 unspecified atom stereocenters. The molecule has 1 N–H and O–H groups in total. The van der Waals surface area contributed by atoms with Crippen molar-refractivity contribution in [3.63, 3.8) is 0 Å². The minimum Gasteiger partial charge on any atom is -0.378 e. The van der Waals surface area contributed by atoms with Crippen molar-refractivity contribution in [2.75, 3.05) is 12.4 Å². The summed E-state index contributed by atoms with van der Waals surface area (Å²) >= 11 is 11.9. The van der Waals surface area contributed by atoms with E-state index < -0.39 is 5.91 Å². The van der Waals surface area contributed by atoms with E-state index in [9.17, 15) is 4.79 Å². The molecule has 8 heteroatoms. The van der Waals surface area contributed by atoms with Gasteiger partial charge in [-0.2, -0.15) is 0 Å². The first kappa shape index (κ1) is 18.4. The Morgan fingerprint density at radius 3 is 2.54 bits per heavy atom. The first-order valence-electron chi connectivity index (χ1n) is 7.76. The molecule has 1 heterocycles. The summed E-state index contributed by atoms with van der Waals surface area (Å²) < 4.78 is 6.82. The van der Waals surface area contributed by atoms with Crippen molar-refractivity contribution in [2.45, 2.75) is 13.5 Å². The monoisotopic (exact) mass is 390 g/mol. The van der Waals surface area contributed by atoms with E-state index in [0.29, 0.717) is 21.4 Å². The number of methoxy groups -OCH3 is 1. The molecule has 0 spiro atoms. The highest BCUT2D eigenvalue weighted by atomic mass is 35.5. The topological polar surface area (TPSA) is 69.0 Å². The number of amides is 1. The number of carbonyl (C=O) groups excluding carboxylic acids is 1. The number of halogens is 2. The average Bonchev–Trinajstić information content (AvgIpc) is 3.03. The van der Waals surface area contributed by atoms with E-state index in [0.717, 1.165) is 11.3 Å². The van der Waals surface area contributed by atoms with E-state index in [2.05, 4.69) is 15.6 Å². The molecular weight excluding hydrogens is 375 g/mol. The highest BCUT2D eigenvalue weighted by Gasteiger charge is 2.21. The smallest absolute Gasteiger partial charge is 0.278 e. The normalized spacial score (nSPS) is 10.8. The molecule has 2 aromatic carbocycles. The number of aromatic nitrogens is 3. The summed E-state index contributed by atoms with van der Waals surface area (Å²) in [5.74, 6) is -0.409. The standard InChI is InChI=1S/C18H16Cl2N4O2/c1-11-3-6-13(7-4-11)24-16(10-26-2)17(22-23-24)18(25)21-12-5-8-14(19)15(20)9-12/h3-9H,10H2,1-2H3,(H,21,25). The van der Waals surface area contributed by atoms with Gasteiger partial charge in [-0.15, -0.1) is 5.10 Å². The van der Waals surface area contributed by atoms with E-state index >= 15 is 0 Å². The number of carbonyl (C=O) groups is 1. The lowest BCUT2D eigenvalue weighted by molar-refractivity contribution is 0.101. The maximum absolute atomic E-state index is 12.6. The van der Waals surface area contributed by atoms with Gasteiger partial charge >= 0.3 is 0 Å². The lowest BCUT2D eigenvalue weighted by Crippen LogP contribution is -2.16. The molecule has 0 aliphatic carbocycles. The summed E-state index contributed by atoms with van der Waals surface area (Å²) in [6.07, 6.45) is 0. The largest absolute Gasteiger partial charge is 0.378 e. The lowest BCUT2D eigenvalue weighted by Gasteiger charge is -2.08. The van der Waals surface area contributed by atoms with Crippen LogP contribution in [0, 0.1) is 6.92 Å². The molecule has 3 aromatic rings. The zero-order chi connectivity index (χ0) is 18.7.